The molecule has 1 heterocycles. The van der Waals surface area contributed by atoms with Crippen LogP contribution in [0.25, 0.3) is 22.3 Å². The predicted molar refractivity (Wildman–Crippen MR) is 147 cm³/mol. The maximum atomic E-state index is 10.6. The summed E-state index contributed by atoms with van der Waals surface area (Å²) in [6.07, 6.45) is 5.82. The van der Waals surface area contributed by atoms with Gasteiger partial charge in [0.15, 0.2) is 11.5 Å². The monoisotopic (exact) mass is 487 g/mol. The molecule has 5 nitrogen and oxygen atoms in total. The Labute approximate surface area is 215 Å². The van der Waals surface area contributed by atoms with Gasteiger partial charge in [-0.25, -0.2) is 4.98 Å². The summed E-state index contributed by atoms with van der Waals surface area (Å²) in [6, 6.07) is 9.45. The number of aromatic nitrogens is 1. The first-order valence-corrected chi connectivity index (χ1v) is 12.1. The highest BCUT2D eigenvalue weighted by Gasteiger charge is 2.21. The first kappa shape index (κ1) is 26.9. The Balaban J connectivity index is 1.99. The average molecular weight is 488 g/mol. The van der Waals surface area contributed by atoms with Crippen molar-refractivity contribution in [3.8, 4) is 45.4 Å². The molecular formula is C31H37NO4. The van der Waals surface area contributed by atoms with Crippen molar-refractivity contribution in [3.63, 3.8) is 0 Å². The van der Waals surface area contributed by atoms with E-state index in [-0.39, 0.29) is 5.75 Å². The molecule has 0 radical (unpaired) electrons. The third kappa shape index (κ3) is 6.09. The number of hydrogen-bond donors (Lipinski definition) is 1. The van der Waals surface area contributed by atoms with Crippen LogP contribution in [-0.4, -0.2) is 30.4 Å². The van der Waals surface area contributed by atoms with Crippen LogP contribution in [0.3, 0.4) is 0 Å². The van der Waals surface area contributed by atoms with E-state index < -0.39 is 0 Å². The molecule has 0 atom stereocenters. The van der Waals surface area contributed by atoms with Crippen molar-refractivity contribution in [1.82, 2.24) is 4.98 Å². The lowest BCUT2D eigenvalue weighted by Crippen LogP contribution is -2.02. The second-order valence-electron chi connectivity index (χ2n) is 9.41. The Bertz CT molecular complexity index is 1280. The van der Waals surface area contributed by atoms with Crippen LogP contribution >= 0.6 is 0 Å². The van der Waals surface area contributed by atoms with E-state index in [4.69, 9.17) is 14.2 Å². The molecule has 1 aromatic heterocycles. The number of nitrogens with zero attached hydrogens (tertiary/aromatic N) is 1. The molecule has 3 aromatic rings. The quantitative estimate of drug-likeness (QED) is 0.313. The zero-order valence-electron chi connectivity index (χ0n) is 22.7. The fraction of sp³-hybridized carbons (Fsp3) is 0.323. The molecule has 0 aliphatic heterocycles. The number of benzene rings is 2. The van der Waals surface area contributed by atoms with Crippen LogP contribution in [0.5, 0.6) is 23.1 Å². The SMILES string of the molecule is COc1c(C)c(-c2ccc(OCC=C(C)C)c(O)c2)c(C)c(C)c1-c1ccc(OCC=C(C)C)nc1. The van der Waals surface area contributed by atoms with Gasteiger partial charge >= 0.3 is 0 Å². The van der Waals surface area contributed by atoms with Gasteiger partial charge in [-0.1, -0.05) is 17.2 Å². The largest absolute Gasteiger partial charge is 0.504 e. The van der Waals surface area contributed by atoms with E-state index in [1.54, 1.807) is 13.2 Å². The Hall–Kier alpha value is -3.73. The highest BCUT2D eigenvalue weighted by molar-refractivity contribution is 5.85. The highest BCUT2D eigenvalue weighted by Crippen LogP contribution is 2.45. The van der Waals surface area contributed by atoms with E-state index >= 15 is 0 Å². The number of hydrogen-bond acceptors (Lipinski definition) is 5. The van der Waals surface area contributed by atoms with Gasteiger partial charge in [-0.3, -0.25) is 0 Å². The third-order valence-corrected chi connectivity index (χ3v) is 6.19. The standard InChI is InChI=1S/C31H37NO4/c1-19(2)13-15-35-27-11-9-24(17-26(27)33)29-21(5)22(6)30(31(34-8)23(29)7)25-10-12-28(32-18-25)36-16-14-20(3)4/h9-14,17-18,33H,15-16H2,1-8H3. The van der Waals surface area contributed by atoms with Crippen molar-refractivity contribution >= 4 is 0 Å². The van der Waals surface area contributed by atoms with Crippen LogP contribution in [0.4, 0.5) is 0 Å². The Morgan fingerprint density at radius 1 is 0.806 bits per heavy atom. The minimum absolute atomic E-state index is 0.113. The Morgan fingerprint density at radius 2 is 1.42 bits per heavy atom. The molecule has 190 valence electrons. The minimum Gasteiger partial charge on any atom is -0.504 e. The molecule has 0 aliphatic carbocycles. The number of allylic oxidation sites excluding steroid dienone is 2. The summed E-state index contributed by atoms with van der Waals surface area (Å²) in [4.78, 5) is 4.51. The summed E-state index contributed by atoms with van der Waals surface area (Å²) < 4.78 is 17.4. The van der Waals surface area contributed by atoms with E-state index in [0.29, 0.717) is 24.8 Å². The molecule has 0 unspecified atom stereocenters. The summed E-state index contributed by atoms with van der Waals surface area (Å²) in [6.45, 7) is 15.3. The Kier molecular flexibility index (Phi) is 8.81. The lowest BCUT2D eigenvalue weighted by atomic mass is 9.86. The van der Waals surface area contributed by atoms with Gasteiger partial charge in [0.2, 0.25) is 5.88 Å². The first-order valence-electron chi connectivity index (χ1n) is 12.1. The first-order chi connectivity index (χ1) is 17.1. The molecule has 0 fully saturated rings. The molecule has 0 aliphatic rings. The van der Waals surface area contributed by atoms with Crippen molar-refractivity contribution in [3.05, 3.63) is 76.5 Å². The van der Waals surface area contributed by atoms with Crippen LogP contribution in [0.2, 0.25) is 0 Å². The second kappa shape index (κ2) is 11.8. The van der Waals surface area contributed by atoms with Gasteiger partial charge in [-0.15, -0.1) is 0 Å². The molecule has 36 heavy (non-hydrogen) atoms. The van der Waals surface area contributed by atoms with Crippen LogP contribution in [0.15, 0.2) is 59.8 Å². The van der Waals surface area contributed by atoms with E-state index in [0.717, 1.165) is 44.7 Å². The van der Waals surface area contributed by atoms with Gasteiger partial charge in [-0.05, 0) is 107 Å². The number of methoxy groups -OCH3 is 1. The molecule has 0 saturated carbocycles. The summed E-state index contributed by atoms with van der Waals surface area (Å²) in [5, 5.41) is 10.6. The summed E-state index contributed by atoms with van der Waals surface area (Å²) >= 11 is 0. The molecule has 2 aromatic carbocycles. The van der Waals surface area contributed by atoms with E-state index in [1.165, 1.54) is 11.1 Å². The van der Waals surface area contributed by atoms with Crippen LogP contribution < -0.4 is 14.2 Å². The molecule has 0 spiro atoms. The van der Waals surface area contributed by atoms with Gasteiger partial charge < -0.3 is 19.3 Å². The fourth-order valence-electron chi connectivity index (χ4n) is 4.16. The fourth-order valence-corrected chi connectivity index (χ4v) is 4.16. The van der Waals surface area contributed by atoms with E-state index in [2.05, 4.69) is 18.8 Å². The topological polar surface area (TPSA) is 60.8 Å². The van der Waals surface area contributed by atoms with Crippen molar-refractivity contribution in [2.45, 2.75) is 48.5 Å². The van der Waals surface area contributed by atoms with Crippen molar-refractivity contribution < 1.29 is 19.3 Å². The molecule has 0 amide bonds. The van der Waals surface area contributed by atoms with Gasteiger partial charge in [0.25, 0.3) is 0 Å². The van der Waals surface area contributed by atoms with Crippen molar-refractivity contribution in [1.29, 1.82) is 0 Å². The van der Waals surface area contributed by atoms with E-state index in [1.807, 2.05) is 77.2 Å². The van der Waals surface area contributed by atoms with Crippen LogP contribution in [0, 0.1) is 20.8 Å². The lowest BCUT2D eigenvalue weighted by molar-refractivity contribution is 0.335. The van der Waals surface area contributed by atoms with Crippen molar-refractivity contribution in [2.75, 3.05) is 20.3 Å². The van der Waals surface area contributed by atoms with Gasteiger partial charge in [0.05, 0.1) is 7.11 Å². The normalized spacial score (nSPS) is 10.6. The molecule has 1 N–H and O–H groups in total. The zero-order valence-corrected chi connectivity index (χ0v) is 22.7. The van der Waals surface area contributed by atoms with Crippen LogP contribution in [-0.2, 0) is 0 Å². The Morgan fingerprint density at radius 3 is 1.97 bits per heavy atom. The number of pyridine rings is 1. The van der Waals surface area contributed by atoms with Gasteiger partial charge in [-0.2, -0.15) is 0 Å². The minimum atomic E-state index is 0.113. The second-order valence-corrected chi connectivity index (χ2v) is 9.41. The number of ether oxygens (including phenoxy) is 3. The maximum absolute atomic E-state index is 10.6. The maximum Gasteiger partial charge on any atom is 0.213 e. The summed E-state index contributed by atoms with van der Waals surface area (Å²) in [7, 11) is 1.69. The van der Waals surface area contributed by atoms with E-state index in [9.17, 15) is 5.11 Å². The number of phenols is 1. The lowest BCUT2D eigenvalue weighted by Gasteiger charge is -2.22. The molecule has 0 bridgehead atoms. The molecular weight excluding hydrogens is 450 g/mol. The predicted octanol–water partition coefficient (Wildman–Crippen LogP) is 7.75. The smallest absolute Gasteiger partial charge is 0.213 e. The number of aromatic hydroxyl groups is 1. The number of phenolic OH excluding ortho intramolecular Hbond substituents is 1. The third-order valence-electron chi connectivity index (χ3n) is 6.19. The summed E-state index contributed by atoms with van der Waals surface area (Å²) in [5.41, 5.74) is 9.49. The van der Waals surface area contributed by atoms with Crippen molar-refractivity contribution in [2.24, 2.45) is 0 Å². The van der Waals surface area contributed by atoms with Crippen LogP contribution in [0.1, 0.15) is 44.4 Å². The molecule has 0 saturated heterocycles. The zero-order chi connectivity index (χ0) is 26.4. The molecule has 5 heteroatoms. The highest BCUT2D eigenvalue weighted by atomic mass is 16.5. The molecule has 3 rings (SSSR count). The summed E-state index contributed by atoms with van der Waals surface area (Å²) in [5.74, 6) is 1.95. The average Bonchev–Trinajstić information content (AvgIpc) is 2.83. The van der Waals surface area contributed by atoms with Gasteiger partial charge in [0.1, 0.15) is 19.0 Å². The van der Waals surface area contributed by atoms with Gasteiger partial charge in [0, 0.05) is 23.4 Å². The number of rotatable bonds is 9.